The van der Waals surface area contributed by atoms with Gasteiger partial charge in [0.25, 0.3) is 0 Å². The highest BCUT2D eigenvalue weighted by molar-refractivity contribution is 6.23. The fourth-order valence-corrected chi connectivity index (χ4v) is 8.03. The summed E-state index contributed by atoms with van der Waals surface area (Å²) in [6, 6.07) is 64.1. The maximum atomic E-state index is 6.51. The normalized spacial score (nSPS) is 12.5. The Hall–Kier alpha value is -7.04. The Morgan fingerprint density at radius 2 is 1.04 bits per heavy atom. The van der Waals surface area contributed by atoms with Gasteiger partial charge in [-0.3, -0.25) is 4.99 Å². The lowest BCUT2D eigenvalue weighted by Crippen LogP contribution is -2.16. The van der Waals surface area contributed by atoms with Gasteiger partial charge < -0.3 is 10.1 Å². The predicted molar refractivity (Wildman–Crippen MR) is 223 cm³/mol. The van der Waals surface area contributed by atoms with Crippen molar-refractivity contribution < 1.29 is 0 Å². The topological polar surface area (TPSA) is 55.1 Å². The molecule has 0 fully saturated rings. The maximum absolute atomic E-state index is 6.51. The van der Waals surface area contributed by atoms with Gasteiger partial charge in [-0.15, -0.1) is 0 Å². The standard InChI is InChI=1S/C49H34N4/c50-48(32-14-3-1-4-15-32)52-49(33-16-5-2-6-17-33)51-31-35-18-7-8-19-36(35)40-29-28-37(38-20-9-10-21-39(38)40)34-26-27-42-44-24-13-23-43-41-22-11-12-25-45(41)53(47(43)44)46(42)30-34/h1-30H,31H2,(H2,50,51,52). The number of aromatic nitrogens is 1. The second-order valence-electron chi connectivity index (χ2n) is 13.5. The number of amidine groups is 2. The molecular weight excluding hydrogens is 645 g/mol. The van der Waals surface area contributed by atoms with Crippen molar-refractivity contribution in [2.45, 2.75) is 6.54 Å². The summed E-state index contributed by atoms with van der Waals surface area (Å²) < 4.78 is 2.45. The van der Waals surface area contributed by atoms with E-state index in [0.717, 1.165) is 22.3 Å². The second-order valence-corrected chi connectivity index (χ2v) is 13.5. The highest BCUT2D eigenvalue weighted by Gasteiger charge is 2.18. The molecular formula is C49H34N4. The molecule has 0 aliphatic rings. The average Bonchev–Trinajstić information content (AvgIpc) is 3.75. The molecule has 0 aliphatic carbocycles. The molecule has 2 N–H and O–H groups in total. The van der Waals surface area contributed by atoms with Gasteiger partial charge >= 0.3 is 0 Å². The number of rotatable bonds is 6. The van der Waals surface area contributed by atoms with Gasteiger partial charge in [0.2, 0.25) is 0 Å². The van der Waals surface area contributed by atoms with Crippen molar-refractivity contribution >= 4 is 60.5 Å². The lowest BCUT2D eigenvalue weighted by molar-refractivity contribution is 1.06. The minimum atomic E-state index is 0.438. The first-order valence-corrected chi connectivity index (χ1v) is 18.0. The van der Waals surface area contributed by atoms with E-state index in [4.69, 9.17) is 15.7 Å². The van der Waals surface area contributed by atoms with Crippen molar-refractivity contribution in [2.75, 3.05) is 0 Å². The van der Waals surface area contributed by atoms with Crippen molar-refractivity contribution in [3.05, 3.63) is 199 Å². The Morgan fingerprint density at radius 3 is 1.81 bits per heavy atom. The number of nitrogens with zero attached hydrogens (tertiary/aromatic N) is 3. The molecule has 4 nitrogen and oxygen atoms in total. The van der Waals surface area contributed by atoms with Gasteiger partial charge in [-0.05, 0) is 50.7 Å². The lowest BCUT2D eigenvalue weighted by Gasteiger charge is -2.15. The number of aliphatic imine (C=N–C) groups is 2. The molecule has 0 saturated carbocycles. The molecule has 0 radical (unpaired) electrons. The predicted octanol–water partition coefficient (Wildman–Crippen LogP) is 11.7. The molecule has 0 amide bonds. The van der Waals surface area contributed by atoms with Crippen molar-refractivity contribution in [1.82, 2.24) is 4.40 Å². The van der Waals surface area contributed by atoms with E-state index in [9.17, 15) is 0 Å². The van der Waals surface area contributed by atoms with E-state index in [-0.39, 0.29) is 0 Å². The van der Waals surface area contributed by atoms with Crippen LogP contribution in [0.1, 0.15) is 16.7 Å². The van der Waals surface area contributed by atoms with E-state index in [0.29, 0.717) is 18.2 Å². The quantitative estimate of drug-likeness (QED) is 0.138. The van der Waals surface area contributed by atoms with Crippen molar-refractivity contribution in [3.63, 3.8) is 0 Å². The molecule has 0 bridgehead atoms. The fraction of sp³-hybridized carbons (Fsp3) is 0.0204. The Bertz CT molecular complexity index is 3030. The van der Waals surface area contributed by atoms with Crippen LogP contribution in [0.2, 0.25) is 0 Å². The van der Waals surface area contributed by atoms with Crippen LogP contribution in [-0.2, 0) is 6.54 Å². The molecule has 250 valence electrons. The van der Waals surface area contributed by atoms with Crippen LogP contribution in [-0.4, -0.2) is 16.1 Å². The van der Waals surface area contributed by atoms with E-state index in [1.807, 2.05) is 60.7 Å². The summed E-state index contributed by atoms with van der Waals surface area (Å²) in [4.78, 5) is 9.93. The molecule has 10 rings (SSSR count). The van der Waals surface area contributed by atoms with Crippen LogP contribution >= 0.6 is 0 Å². The third-order valence-electron chi connectivity index (χ3n) is 10.5. The van der Waals surface area contributed by atoms with Crippen molar-refractivity contribution in [1.29, 1.82) is 0 Å². The summed E-state index contributed by atoms with van der Waals surface area (Å²) in [7, 11) is 0. The number of para-hydroxylation sites is 2. The van der Waals surface area contributed by atoms with Gasteiger partial charge in [0.05, 0.1) is 23.1 Å². The SMILES string of the molecule is N/C(=N\C(=N/Cc1ccccc1-c1ccc(-c2ccc3c4cccc5c6ccccc6n(c3c2)c54)c2ccccc12)c1ccccc1)c1ccccc1. The van der Waals surface area contributed by atoms with Crippen LogP contribution in [0, 0.1) is 0 Å². The van der Waals surface area contributed by atoms with Gasteiger partial charge in [0.1, 0.15) is 5.84 Å². The lowest BCUT2D eigenvalue weighted by atomic mass is 9.90. The molecule has 0 spiro atoms. The third-order valence-corrected chi connectivity index (χ3v) is 10.5. The number of benzene rings is 8. The Kier molecular flexibility index (Phi) is 7.33. The molecule has 2 heterocycles. The minimum Gasteiger partial charge on any atom is -0.383 e. The number of hydrogen-bond donors (Lipinski definition) is 1. The maximum Gasteiger partial charge on any atom is 0.157 e. The van der Waals surface area contributed by atoms with E-state index >= 15 is 0 Å². The van der Waals surface area contributed by atoms with Gasteiger partial charge in [-0.1, -0.05) is 170 Å². The minimum absolute atomic E-state index is 0.438. The van der Waals surface area contributed by atoms with Gasteiger partial charge in [0, 0.05) is 32.7 Å². The highest BCUT2D eigenvalue weighted by Crippen LogP contribution is 2.42. The smallest absolute Gasteiger partial charge is 0.157 e. The Balaban J connectivity index is 1.08. The van der Waals surface area contributed by atoms with Crippen molar-refractivity contribution in [2.24, 2.45) is 15.7 Å². The van der Waals surface area contributed by atoms with E-state index in [1.54, 1.807) is 0 Å². The van der Waals surface area contributed by atoms with Crippen LogP contribution in [0.25, 0.3) is 71.1 Å². The summed E-state index contributed by atoms with van der Waals surface area (Å²) in [5, 5.41) is 7.58. The molecule has 4 heteroatoms. The second kappa shape index (κ2) is 12.6. The van der Waals surface area contributed by atoms with Gasteiger partial charge in [0.15, 0.2) is 5.84 Å². The first kappa shape index (κ1) is 30.8. The van der Waals surface area contributed by atoms with Crippen LogP contribution in [0.4, 0.5) is 0 Å². The third kappa shape index (κ3) is 5.15. The average molecular weight is 679 g/mol. The van der Waals surface area contributed by atoms with Crippen molar-refractivity contribution in [3.8, 4) is 22.3 Å². The summed E-state index contributed by atoms with van der Waals surface area (Å²) in [5.41, 5.74) is 17.9. The van der Waals surface area contributed by atoms with E-state index in [1.165, 1.54) is 65.6 Å². The largest absolute Gasteiger partial charge is 0.383 e. The van der Waals surface area contributed by atoms with Crippen LogP contribution in [0.3, 0.4) is 0 Å². The Labute approximate surface area is 307 Å². The molecule has 53 heavy (non-hydrogen) atoms. The number of nitrogens with two attached hydrogens (primary N) is 1. The van der Waals surface area contributed by atoms with Gasteiger partial charge in [-0.25, -0.2) is 4.99 Å². The Morgan fingerprint density at radius 1 is 0.453 bits per heavy atom. The number of fused-ring (bicyclic) bond motifs is 7. The molecule has 0 saturated heterocycles. The molecule has 8 aromatic carbocycles. The van der Waals surface area contributed by atoms with E-state index in [2.05, 4.69) is 126 Å². The van der Waals surface area contributed by atoms with E-state index < -0.39 is 0 Å². The monoisotopic (exact) mass is 678 g/mol. The molecule has 10 aromatic rings. The zero-order chi connectivity index (χ0) is 35.3. The van der Waals surface area contributed by atoms with Gasteiger partial charge in [-0.2, -0.15) is 0 Å². The summed E-state index contributed by atoms with van der Waals surface area (Å²) in [6.07, 6.45) is 0. The zero-order valence-corrected chi connectivity index (χ0v) is 28.9. The summed E-state index contributed by atoms with van der Waals surface area (Å²) >= 11 is 0. The van der Waals surface area contributed by atoms with Crippen LogP contribution in [0.15, 0.2) is 192 Å². The number of hydrogen-bond acceptors (Lipinski definition) is 1. The molecule has 2 aromatic heterocycles. The summed E-state index contributed by atoms with van der Waals surface area (Å²) in [5.74, 6) is 1.04. The summed E-state index contributed by atoms with van der Waals surface area (Å²) in [6.45, 7) is 0.451. The molecule has 0 unspecified atom stereocenters. The molecule has 0 atom stereocenters. The zero-order valence-electron chi connectivity index (χ0n) is 28.9. The fourth-order valence-electron chi connectivity index (χ4n) is 8.03. The highest BCUT2D eigenvalue weighted by atomic mass is 15.0. The van der Waals surface area contributed by atoms with Crippen LogP contribution in [0.5, 0.6) is 0 Å². The van der Waals surface area contributed by atoms with Crippen LogP contribution < -0.4 is 5.73 Å². The first-order chi connectivity index (χ1) is 26.2. The first-order valence-electron chi connectivity index (χ1n) is 18.0. The molecule has 0 aliphatic heterocycles.